The molecule has 4 aromatic rings. The van der Waals surface area contributed by atoms with Crippen molar-refractivity contribution in [2.24, 2.45) is 0 Å². The summed E-state index contributed by atoms with van der Waals surface area (Å²) in [5.41, 5.74) is 5.04. The lowest BCUT2D eigenvalue weighted by molar-refractivity contribution is 0.0984. The van der Waals surface area contributed by atoms with Gasteiger partial charge >= 0.3 is 0 Å². The molecule has 30 heavy (non-hydrogen) atoms. The van der Waals surface area contributed by atoms with Crippen molar-refractivity contribution in [3.63, 3.8) is 0 Å². The summed E-state index contributed by atoms with van der Waals surface area (Å²) in [4.78, 5) is 19.8. The highest BCUT2D eigenvalue weighted by molar-refractivity contribution is 9.10. The van der Waals surface area contributed by atoms with Gasteiger partial charge in [0, 0.05) is 22.4 Å². The number of halogens is 1. The minimum absolute atomic E-state index is 0.0870. The normalized spacial score (nSPS) is 12.5. The lowest BCUT2D eigenvalue weighted by Crippen LogP contribution is -2.30. The second-order valence-electron chi connectivity index (χ2n) is 7.11. The molecule has 0 bridgehead atoms. The molecule has 0 saturated carbocycles. The van der Waals surface area contributed by atoms with Crippen LogP contribution in [0.3, 0.4) is 0 Å². The zero-order valence-corrected chi connectivity index (χ0v) is 17.8. The van der Waals surface area contributed by atoms with E-state index in [-0.39, 0.29) is 5.91 Å². The number of amides is 1. The van der Waals surface area contributed by atoms with Gasteiger partial charge in [0.15, 0.2) is 0 Å². The van der Waals surface area contributed by atoms with E-state index in [1.807, 2.05) is 73.8 Å². The van der Waals surface area contributed by atoms with Crippen LogP contribution in [0.25, 0.3) is 5.69 Å². The molecule has 148 valence electrons. The number of benzene rings is 2. The van der Waals surface area contributed by atoms with E-state index in [0.717, 1.165) is 38.6 Å². The van der Waals surface area contributed by atoms with Crippen molar-refractivity contribution < 1.29 is 4.79 Å². The lowest BCUT2D eigenvalue weighted by Gasteiger charge is -2.23. The predicted molar refractivity (Wildman–Crippen MR) is 120 cm³/mol. The number of rotatable bonds is 2. The topological polar surface area (TPSA) is 63.1 Å². The number of hydrogen-bond donors (Lipinski definition) is 1. The summed E-state index contributed by atoms with van der Waals surface area (Å²) >= 11 is 3.59. The van der Waals surface area contributed by atoms with Gasteiger partial charge in [-0.25, -0.2) is 9.67 Å². The molecule has 2 aromatic heterocycles. The maximum Gasteiger partial charge on any atom is 0.259 e. The van der Waals surface area contributed by atoms with Crippen LogP contribution in [0.2, 0.25) is 0 Å². The molecule has 0 aliphatic carbocycles. The summed E-state index contributed by atoms with van der Waals surface area (Å²) < 4.78 is 2.51. The number of pyridine rings is 1. The second-order valence-corrected chi connectivity index (χ2v) is 7.96. The molecule has 5 rings (SSSR count). The number of para-hydroxylation sites is 2. The quantitative estimate of drug-likeness (QED) is 0.444. The number of carbonyl (C=O) groups excluding carboxylic acids is 1. The Balaban J connectivity index is 1.55. The minimum atomic E-state index is -0.0870. The maximum atomic E-state index is 13.6. The van der Waals surface area contributed by atoms with Gasteiger partial charge in [-0.2, -0.15) is 5.10 Å². The molecule has 1 aliphatic rings. The van der Waals surface area contributed by atoms with Crippen LogP contribution in [0.4, 0.5) is 17.2 Å². The Morgan fingerprint density at radius 2 is 1.97 bits per heavy atom. The van der Waals surface area contributed by atoms with Gasteiger partial charge in [-0.1, -0.05) is 18.2 Å². The largest absolute Gasteiger partial charge is 0.338 e. The first-order chi connectivity index (χ1) is 14.6. The monoisotopic (exact) mass is 459 g/mol. The van der Waals surface area contributed by atoms with E-state index in [1.54, 1.807) is 15.8 Å². The van der Waals surface area contributed by atoms with Gasteiger partial charge in [-0.3, -0.25) is 4.79 Å². The van der Waals surface area contributed by atoms with E-state index in [1.165, 1.54) is 0 Å². The highest BCUT2D eigenvalue weighted by Crippen LogP contribution is 2.36. The van der Waals surface area contributed by atoms with E-state index >= 15 is 0 Å². The van der Waals surface area contributed by atoms with E-state index in [2.05, 4.69) is 31.3 Å². The highest BCUT2D eigenvalue weighted by atomic mass is 79.9. The van der Waals surface area contributed by atoms with Crippen molar-refractivity contribution in [1.82, 2.24) is 14.8 Å². The van der Waals surface area contributed by atoms with Gasteiger partial charge < -0.3 is 10.2 Å². The molecule has 6 nitrogen and oxygen atoms in total. The number of aryl methyl sites for hydroxylation is 1. The van der Waals surface area contributed by atoms with Gasteiger partial charge in [0.05, 0.1) is 34.9 Å². The fraction of sp³-hybridized carbons (Fsp3) is 0.0870. The predicted octanol–water partition coefficient (Wildman–Crippen LogP) is 5.24. The molecule has 1 N–H and O–H groups in total. The molecule has 0 spiro atoms. The summed E-state index contributed by atoms with van der Waals surface area (Å²) in [5, 5.41) is 7.80. The molecule has 3 heterocycles. The van der Waals surface area contributed by atoms with Gasteiger partial charge in [-0.05, 0) is 65.3 Å². The fourth-order valence-electron chi connectivity index (χ4n) is 3.58. The van der Waals surface area contributed by atoms with Crippen LogP contribution >= 0.6 is 15.9 Å². The van der Waals surface area contributed by atoms with Crippen molar-refractivity contribution >= 4 is 39.0 Å². The molecule has 2 aromatic carbocycles. The van der Waals surface area contributed by atoms with Gasteiger partial charge in [-0.15, -0.1) is 0 Å². The van der Waals surface area contributed by atoms with E-state index in [9.17, 15) is 4.79 Å². The average molecular weight is 460 g/mol. The van der Waals surface area contributed by atoms with Crippen molar-refractivity contribution in [2.75, 3.05) is 10.2 Å². The first-order valence-corrected chi connectivity index (χ1v) is 10.3. The van der Waals surface area contributed by atoms with Gasteiger partial charge in [0.25, 0.3) is 5.91 Å². The number of hydrogen-bond acceptors (Lipinski definition) is 4. The summed E-state index contributed by atoms with van der Waals surface area (Å²) in [6.45, 7) is 2.37. The van der Waals surface area contributed by atoms with Crippen LogP contribution in [0.5, 0.6) is 0 Å². The Hall–Kier alpha value is -3.45. The van der Waals surface area contributed by atoms with Crippen LogP contribution < -0.4 is 10.2 Å². The number of nitrogens with one attached hydrogen (secondary N) is 1. The molecule has 7 heteroatoms. The summed E-state index contributed by atoms with van der Waals surface area (Å²) in [6.07, 6.45) is 3.65. The third-order valence-corrected chi connectivity index (χ3v) is 5.74. The molecular weight excluding hydrogens is 442 g/mol. The molecule has 0 fully saturated rings. The molecule has 0 unspecified atom stereocenters. The number of nitrogens with zero attached hydrogens (tertiary/aromatic N) is 4. The SMILES string of the molecule is Cc1ccn(-c2ccc(C(=O)N3Cc4cccnc4Nc4ccccc43)c(Br)c2)n1. The Morgan fingerprint density at radius 1 is 1.10 bits per heavy atom. The Labute approximate surface area is 182 Å². The molecule has 1 amide bonds. The smallest absolute Gasteiger partial charge is 0.259 e. The molecule has 0 saturated heterocycles. The molecular formula is C23H18BrN5O. The molecule has 0 radical (unpaired) electrons. The van der Waals surface area contributed by atoms with Crippen LogP contribution in [0.1, 0.15) is 21.6 Å². The van der Waals surface area contributed by atoms with E-state index in [4.69, 9.17) is 0 Å². The van der Waals surface area contributed by atoms with Crippen LogP contribution in [-0.4, -0.2) is 20.7 Å². The number of aromatic nitrogens is 3. The zero-order chi connectivity index (χ0) is 20.7. The standard InChI is InChI=1S/C23H18BrN5O/c1-15-10-12-29(27-15)17-8-9-18(19(24)13-17)23(30)28-14-16-5-4-11-25-22(16)26-20-6-2-3-7-21(20)28/h2-13H,14H2,1H3,(H,25,26). The number of carbonyl (C=O) groups is 1. The highest BCUT2D eigenvalue weighted by Gasteiger charge is 2.26. The summed E-state index contributed by atoms with van der Waals surface area (Å²) in [6, 6.07) is 19.2. The summed E-state index contributed by atoms with van der Waals surface area (Å²) in [7, 11) is 0. The van der Waals surface area contributed by atoms with Crippen molar-refractivity contribution in [1.29, 1.82) is 0 Å². The number of fused-ring (bicyclic) bond motifs is 2. The third-order valence-electron chi connectivity index (χ3n) is 5.08. The molecule has 0 atom stereocenters. The molecule has 1 aliphatic heterocycles. The van der Waals surface area contributed by atoms with Crippen molar-refractivity contribution in [3.05, 3.63) is 94.4 Å². The van der Waals surface area contributed by atoms with Crippen LogP contribution in [-0.2, 0) is 6.54 Å². The minimum Gasteiger partial charge on any atom is -0.338 e. The third kappa shape index (κ3) is 3.27. The first-order valence-electron chi connectivity index (χ1n) is 9.54. The van der Waals surface area contributed by atoms with Crippen molar-refractivity contribution in [3.8, 4) is 5.69 Å². The van der Waals surface area contributed by atoms with Gasteiger partial charge in [0.2, 0.25) is 0 Å². The number of anilines is 3. The van der Waals surface area contributed by atoms with E-state index < -0.39 is 0 Å². The van der Waals surface area contributed by atoms with Crippen LogP contribution in [0.15, 0.2) is 77.5 Å². The Kier molecular flexibility index (Phi) is 4.59. The Bertz CT molecular complexity index is 1270. The lowest BCUT2D eigenvalue weighted by atomic mass is 10.1. The second kappa shape index (κ2) is 7.42. The van der Waals surface area contributed by atoms with Crippen molar-refractivity contribution in [2.45, 2.75) is 13.5 Å². The van der Waals surface area contributed by atoms with E-state index in [0.29, 0.717) is 12.1 Å². The fourth-order valence-corrected chi connectivity index (χ4v) is 4.12. The average Bonchev–Trinajstić information content (AvgIpc) is 3.11. The Morgan fingerprint density at radius 3 is 2.77 bits per heavy atom. The first kappa shape index (κ1) is 18.6. The van der Waals surface area contributed by atoms with Crippen LogP contribution in [0, 0.1) is 6.92 Å². The zero-order valence-electron chi connectivity index (χ0n) is 16.2. The summed E-state index contributed by atoms with van der Waals surface area (Å²) in [5.74, 6) is 0.680. The maximum absolute atomic E-state index is 13.6. The van der Waals surface area contributed by atoms with Gasteiger partial charge in [0.1, 0.15) is 5.82 Å².